The maximum atomic E-state index is 12.6. The van der Waals surface area contributed by atoms with Crippen molar-refractivity contribution in [2.24, 2.45) is 0 Å². The van der Waals surface area contributed by atoms with Gasteiger partial charge in [-0.2, -0.15) is 0 Å². The van der Waals surface area contributed by atoms with Crippen molar-refractivity contribution in [2.75, 3.05) is 45.6 Å². The predicted molar refractivity (Wildman–Crippen MR) is 122 cm³/mol. The molecule has 1 aliphatic heterocycles. The van der Waals surface area contributed by atoms with E-state index in [4.69, 9.17) is 4.74 Å². The van der Waals surface area contributed by atoms with Crippen molar-refractivity contribution in [1.82, 2.24) is 19.8 Å². The molecule has 156 valence electrons. The van der Waals surface area contributed by atoms with Gasteiger partial charge in [0.1, 0.15) is 5.75 Å². The summed E-state index contributed by atoms with van der Waals surface area (Å²) >= 11 is 1.45. The zero-order valence-electron chi connectivity index (χ0n) is 17.1. The smallest absolute Gasteiger partial charge is 0.233 e. The molecule has 2 aromatic carbocycles. The molecular weight excluding hydrogens is 396 g/mol. The van der Waals surface area contributed by atoms with Crippen LogP contribution in [0.1, 0.15) is 5.56 Å². The molecule has 1 aliphatic rings. The number of nitrogens with one attached hydrogen (secondary N) is 1. The summed E-state index contributed by atoms with van der Waals surface area (Å²) in [4.78, 5) is 24.7. The zero-order valence-corrected chi connectivity index (χ0v) is 17.9. The number of H-pyrrole nitrogens is 1. The van der Waals surface area contributed by atoms with E-state index in [0.29, 0.717) is 5.75 Å². The van der Waals surface area contributed by atoms with E-state index in [2.05, 4.69) is 39.2 Å². The van der Waals surface area contributed by atoms with Crippen molar-refractivity contribution in [3.05, 3.63) is 60.2 Å². The van der Waals surface area contributed by atoms with Gasteiger partial charge < -0.3 is 14.6 Å². The van der Waals surface area contributed by atoms with Gasteiger partial charge in [0, 0.05) is 38.8 Å². The molecule has 1 fully saturated rings. The molecule has 3 aromatic rings. The van der Waals surface area contributed by atoms with Gasteiger partial charge in [-0.25, -0.2) is 4.98 Å². The van der Waals surface area contributed by atoms with Crippen LogP contribution in [0.25, 0.3) is 17.1 Å². The molecular formula is C23H26N4O2S. The van der Waals surface area contributed by atoms with Crippen LogP contribution in [0.15, 0.2) is 59.8 Å². The number of methoxy groups -OCH3 is 1. The largest absolute Gasteiger partial charge is 0.497 e. The lowest BCUT2D eigenvalue weighted by Crippen LogP contribution is -2.49. The zero-order chi connectivity index (χ0) is 20.8. The van der Waals surface area contributed by atoms with Gasteiger partial charge in [0.15, 0.2) is 5.16 Å². The number of hydrogen-bond acceptors (Lipinski definition) is 5. The Balaban J connectivity index is 1.22. The Labute approximate surface area is 180 Å². The van der Waals surface area contributed by atoms with E-state index in [-0.39, 0.29) is 5.91 Å². The number of fused-ring (bicyclic) bond motifs is 1. The first-order valence-electron chi connectivity index (χ1n) is 10.1. The van der Waals surface area contributed by atoms with Gasteiger partial charge in [-0.3, -0.25) is 9.69 Å². The maximum absolute atomic E-state index is 12.6. The number of hydrogen-bond donors (Lipinski definition) is 1. The topological polar surface area (TPSA) is 61.5 Å². The number of thioether (sulfide) groups is 1. The number of amides is 1. The third-order valence-electron chi connectivity index (χ3n) is 5.20. The normalized spacial score (nSPS) is 15.2. The molecule has 7 heteroatoms. The summed E-state index contributed by atoms with van der Waals surface area (Å²) in [5, 5.41) is 0.760. The minimum absolute atomic E-state index is 0.164. The van der Waals surface area contributed by atoms with Crippen LogP contribution in [0.5, 0.6) is 5.75 Å². The Morgan fingerprint density at radius 3 is 2.73 bits per heavy atom. The number of carbonyl (C=O) groups is 1. The molecule has 0 spiro atoms. The molecule has 1 amide bonds. The van der Waals surface area contributed by atoms with Gasteiger partial charge in [0.05, 0.1) is 23.9 Å². The van der Waals surface area contributed by atoms with E-state index >= 15 is 0 Å². The van der Waals surface area contributed by atoms with Crippen LogP contribution in [0.4, 0.5) is 0 Å². The average Bonchev–Trinajstić information content (AvgIpc) is 3.20. The fourth-order valence-electron chi connectivity index (χ4n) is 3.46. The van der Waals surface area contributed by atoms with E-state index in [1.807, 2.05) is 41.3 Å². The highest BCUT2D eigenvalue weighted by molar-refractivity contribution is 7.99. The molecule has 0 bridgehead atoms. The van der Waals surface area contributed by atoms with Gasteiger partial charge in [-0.15, -0.1) is 0 Å². The number of ether oxygens (including phenoxy) is 1. The summed E-state index contributed by atoms with van der Waals surface area (Å²) in [6, 6.07) is 16.0. The van der Waals surface area contributed by atoms with Crippen LogP contribution in [0.3, 0.4) is 0 Å². The van der Waals surface area contributed by atoms with Crippen molar-refractivity contribution >= 4 is 34.8 Å². The van der Waals surface area contributed by atoms with Crippen LogP contribution < -0.4 is 4.74 Å². The van der Waals surface area contributed by atoms with E-state index in [1.54, 1.807) is 7.11 Å². The Hall–Kier alpha value is -2.77. The van der Waals surface area contributed by atoms with Crippen LogP contribution in [-0.4, -0.2) is 71.3 Å². The number of aromatic amines is 1. The molecule has 30 heavy (non-hydrogen) atoms. The lowest BCUT2D eigenvalue weighted by atomic mass is 10.2. The summed E-state index contributed by atoms with van der Waals surface area (Å²) in [5.74, 6) is 1.35. The second-order valence-electron chi connectivity index (χ2n) is 7.21. The predicted octanol–water partition coefficient (Wildman–Crippen LogP) is 3.52. The number of imidazole rings is 1. The van der Waals surface area contributed by atoms with Gasteiger partial charge in [0.2, 0.25) is 5.91 Å². The summed E-state index contributed by atoms with van der Waals surface area (Å²) in [7, 11) is 1.64. The maximum Gasteiger partial charge on any atom is 0.233 e. The average molecular weight is 423 g/mol. The molecule has 0 saturated carbocycles. The van der Waals surface area contributed by atoms with Gasteiger partial charge in [0.25, 0.3) is 0 Å². The SMILES string of the molecule is COc1ccc2nc(SCC(=O)N3CCN(CC=Cc4ccccc4)CC3)[nH]c2c1. The third-order valence-corrected chi connectivity index (χ3v) is 6.06. The highest BCUT2D eigenvalue weighted by Crippen LogP contribution is 2.23. The second kappa shape index (κ2) is 9.82. The monoisotopic (exact) mass is 422 g/mol. The highest BCUT2D eigenvalue weighted by atomic mass is 32.2. The van der Waals surface area contributed by atoms with Gasteiger partial charge >= 0.3 is 0 Å². The molecule has 0 radical (unpaired) electrons. The Kier molecular flexibility index (Phi) is 6.71. The summed E-state index contributed by atoms with van der Waals surface area (Å²) in [5.41, 5.74) is 3.01. The lowest BCUT2D eigenvalue weighted by Gasteiger charge is -2.34. The summed E-state index contributed by atoms with van der Waals surface area (Å²) < 4.78 is 5.24. The van der Waals surface area contributed by atoms with E-state index in [0.717, 1.165) is 54.7 Å². The van der Waals surface area contributed by atoms with Crippen LogP contribution in [0.2, 0.25) is 0 Å². The first-order valence-corrected chi connectivity index (χ1v) is 11.1. The fourth-order valence-corrected chi connectivity index (χ4v) is 4.25. The van der Waals surface area contributed by atoms with Crippen molar-refractivity contribution in [2.45, 2.75) is 5.16 Å². The molecule has 1 N–H and O–H groups in total. The Bertz CT molecular complexity index is 1010. The van der Waals surface area contributed by atoms with E-state index < -0.39 is 0 Å². The molecule has 2 heterocycles. The molecule has 0 unspecified atom stereocenters. The first-order chi connectivity index (χ1) is 14.7. The van der Waals surface area contributed by atoms with Crippen LogP contribution in [-0.2, 0) is 4.79 Å². The number of piperazine rings is 1. The summed E-state index contributed by atoms with van der Waals surface area (Å²) in [6.07, 6.45) is 4.34. The van der Waals surface area contributed by atoms with E-state index in [9.17, 15) is 4.79 Å². The highest BCUT2D eigenvalue weighted by Gasteiger charge is 2.20. The van der Waals surface area contributed by atoms with Crippen molar-refractivity contribution in [3.8, 4) is 5.75 Å². The second-order valence-corrected chi connectivity index (χ2v) is 8.17. The van der Waals surface area contributed by atoms with Crippen LogP contribution in [0, 0.1) is 0 Å². The molecule has 4 rings (SSSR count). The lowest BCUT2D eigenvalue weighted by molar-refractivity contribution is -0.130. The summed E-state index contributed by atoms with van der Waals surface area (Å²) in [6.45, 7) is 4.26. The van der Waals surface area contributed by atoms with Gasteiger partial charge in [-0.05, 0) is 17.7 Å². The minimum atomic E-state index is 0.164. The molecule has 1 saturated heterocycles. The number of rotatable bonds is 7. The fraction of sp³-hybridized carbons (Fsp3) is 0.304. The number of aromatic nitrogens is 2. The number of carbonyl (C=O) groups excluding carboxylic acids is 1. The van der Waals surface area contributed by atoms with Crippen molar-refractivity contribution in [1.29, 1.82) is 0 Å². The molecule has 1 aromatic heterocycles. The van der Waals surface area contributed by atoms with Gasteiger partial charge in [-0.1, -0.05) is 54.2 Å². The van der Waals surface area contributed by atoms with E-state index in [1.165, 1.54) is 17.3 Å². The Morgan fingerprint density at radius 2 is 1.97 bits per heavy atom. The quantitative estimate of drug-likeness (QED) is 0.591. The molecule has 0 atom stereocenters. The molecule has 6 nitrogen and oxygen atoms in total. The standard InChI is InChI=1S/C23H26N4O2S/c1-29-19-9-10-20-21(16-19)25-23(24-20)30-17-22(28)27-14-12-26(13-15-27)11-5-8-18-6-3-2-4-7-18/h2-10,16H,11-15,17H2,1H3,(H,24,25). The minimum Gasteiger partial charge on any atom is -0.497 e. The first kappa shape index (κ1) is 20.5. The Morgan fingerprint density at radius 1 is 1.17 bits per heavy atom. The number of benzene rings is 2. The molecule has 0 aliphatic carbocycles. The van der Waals surface area contributed by atoms with Crippen molar-refractivity contribution in [3.63, 3.8) is 0 Å². The van der Waals surface area contributed by atoms with Crippen LogP contribution >= 0.6 is 11.8 Å². The van der Waals surface area contributed by atoms with Crippen molar-refractivity contribution < 1.29 is 9.53 Å². The third kappa shape index (κ3) is 5.23. The number of nitrogens with zero attached hydrogens (tertiary/aromatic N) is 3.